The number of nitrogens with one attached hydrogen (secondary N) is 1. The van der Waals surface area contributed by atoms with Gasteiger partial charge < -0.3 is 53.8 Å². The van der Waals surface area contributed by atoms with Gasteiger partial charge in [-0.3, -0.25) is 24.1 Å². The number of phenolic OH excluding ortho intramolecular Hbond substituents is 1. The number of methoxy groups -OCH3 is 1. The van der Waals surface area contributed by atoms with Crippen molar-refractivity contribution in [2.45, 2.75) is 98.4 Å². The Kier molecular flexibility index (Phi) is 13.9. The number of aliphatic hydroxyl groups is 3. The molecule has 1 amide bonds. The van der Waals surface area contributed by atoms with Crippen LogP contribution in [0.2, 0.25) is 0 Å². The van der Waals surface area contributed by atoms with Crippen LogP contribution in [0.3, 0.4) is 0 Å². The van der Waals surface area contributed by atoms with Crippen LogP contribution in [0.15, 0.2) is 62.3 Å². The second kappa shape index (κ2) is 19.1. The van der Waals surface area contributed by atoms with Crippen LogP contribution in [-0.4, -0.2) is 106 Å². The van der Waals surface area contributed by atoms with Crippen LogP contribution in [0.4, 0.5) is 5.69 Å². The van der Waals surface area contributed by atoms with E-state index >= 15 is 0 Å². The molecule has 1 aromatic heterocycles. The first-order chi connectivity index (χ1) is 31.3. The first-order valence-electron chi connectivity index (χ1n) is 22.3. The summed E-state index contributed by atoms with van der Waals surface area (Å²) in [5.74, 6) is -6.80. The zero-order valence-corrected chi connectivity index (χ0v) is 38.7. The zero-order valence-electron chi connectivity index (χ0n) is 38.7. The van der Waals surface area contributed by atoms with Crippen LogP contribution in [0, 0.1) is 30.6 Å². The lowest BCUT2D eigenvalue weighted by Crippen LogP contribution is -2.46. The molecule has 7 rings (SSSR count). The molecule has 1 fully saturated rings. The molecular weight excluding hydrogens is 855 g/mol. The average molecular weight is 914 g/mol. The summed E-state index contributed by atoms with van der Waals surface area (Å²) in [5, 5.41) is 49.0. The van der Waals surface area contributed by atoms with Crippen molar-refractivity contribution in [1.82, 2.24) is 9.88 Å². The smallest absolute Gasteiger partial charge is 0.307 e. The van der Waals surface area contributed by atoms with Gasteiger partial charge in [0.05, 0.1) is 35.2 Å². The largest absolute Gasteiger partial charge is 0.507 e. The Labute approximate surface area is 380 Å². The number of ether oxygens (including phenoxy) is 5. The second-order valence-corrected chi connectivity index (χ2v) is 17.9. The molecule has 17 heteroatoms. The Bertz CT molecular complexity index is 2830. The van der Waals surface area contributed by atoms with E-state index in [0.29, 0.717) is 13.2 Å². The number of allylic oxidation sites excluding steroid dienone is 2. The highest BCUT2D eigenvalue weighted by atomic mass is 16.7. The Morgan fingerprint density at radius 1 is 0.970 bits per heavy atom. The number of hydrogen-bond donors (Lipinski definition) is 5. The van der Waals surface area contributed by atoms with Crippen molar-refractivity contribution in [2.24, 2.45) is 23.7 Å². The van der Waals surface area contributed by atoms with E-state index in [-0.39, 0.29) is 60.8 Å². The Hall–Kier alpha value is -6.01. The third-order valence-electron chi connectivity index (χ3n) is 13.3. The Balaban J connectivity index is 1.44. The van der Waals surface area contributed by atoms with E-state index in [4.69, 9.17) is 33.1 Å². The molecule has 4 heterocycles. The van der Waals surface area contributed by atoms with Crippen LogP contribution >= 0.6 is 0 Å². The lowest BCUT2D eigenvalue weighted by molar-refractivity contribution is -0.160. The van der Waals surface area contributed by atoms with Crippen molar-refractivity contribution in [2.75, 3.05) is 38.7 Å². The maximum absolute atomic E-state index is 14.8. The monoisotopic (exact) mass is 913 g/mol. The number of rotatable bonds is 6. The highest BCUT2D eigenvalue weighted by molar-refractivity contribution is 6.16. The maximum atomic E-state index is 14.8. The number of hydrogen-bond acceptors (Lipinski definition) is 16. The quantitative estimate of drug-likeness (QED) is 0.0969. The van der Waals surface area contributed by atoms with Crippen LogP contribution in [0.5, 0.6) is 17.2 Å². The van der Waals surface area contributed by atoms with Crippen molar-refractivity contribution < 1.29 is 58.1 Å². The molecule has 0 unspecified atom stereocenters. The fraction of sp³-hybridized carbons (Fsp3) is 0.490. The molecule has 0 spiro atoms. The molecule has 3 aromatic carbocycles. The first-order valence-corrected chi connectivity index (χ1v) is 22.3. The summed E-state index contributed by atoms with van der Waals surface area (Å²) in [6.07, 6.45) is 5.71. The third-order valence-corrected chi connectivity index (χ3v) is 13.3. The summed E-state index contributed by atoms with van der Waals surface area (Å²) in [6.45, 7) is 15.4. The topological polar surface area (TPSA) is 237 Å². The van der Waals surface area contributed by atoms with Crippen molar-refractivity contribution in [3.8, 4) is 17.2 Å². The standard InChI is InChI=1S/C49H59N3O14/c1-23-13-12-14-24(2)48(60)51-39-43(58)35-34(38-46(39)65-33-22-30(21-31(54)37(33)50-38)62-20-18-52-16-10-11-17-52)36-45(28(6)42(35)57)66-49(8,47(36)59)63-19-15-32(61-9)25(3)44(64-29(7)53)27(5)41(56)26(4)40(23)55/h12-15,19,21-23,25-27,32,40-41,44,55-57,59H,10-11,16-18,20H2,1-9H3,(H,51,60)/b13-12+,19-15+,24-14-/t23-,25+,26+,27+,32-,40-,41+,44+,49-/m0/s1. The maximum Gasteiger partial charge on any atom is 0.307 e. The highest BCUT2D eigenvalue weighted by Crippen LogP contribution is 2.42. The third kappa shape index (κ3) is 8.96. The first kappa shape index (κ1) is 47.9. The number of esters is 1. The SMILES string of the molecule is CO[C@H]1/C=C/O[C@@]2(C)Oc3c(C)c(O)c4c(=O)c(c5oc6cc(OCCN7CCCC7)cc(=O)c6nc5c4c3=C2O)NC(=O)/C(C)=C\C=C\[C@H](C)[C@H](O)[C@@H](C)[C@@H](O)[C@@H](C)[C@H](OC(C)=O)[C@@H]1C. The Morgan fingerprint density at radius 2 is 1.68 bits per heavy atom. The van der Waals surface area contributed by atoms with Crippen LogP contribution in [0.25, 0.3) is 38.7 Å². The van der Waals surface area contributed by atoms with E-state index in [0.717, 1.165) is 25.9 Å². The van der Waals surface area contributed by atoms with E-state index in [2.05, 4.69) is 10.2 Å². The average Bonchev–Trinajstić information content (AvgIpc) is 3.90. The van der Waals surface area contributed by atoms with Gasteiger partial charge in [-0.2, -0.15) is 0 Å². The number of amides is 1. The van der Waals surface area contributed by atoms with E-state index in [1.165, 1.54) is 65.4 Å². The van der Waals surface area contributed by atoms with Gasteiger partial charge in [0, 0.05) is 79.8 Å². The number of fused-ring (bicyclic) bond motifs is 2. The van der Waals surface area contributed by atoms with Crippen molar-refractivity contribution in [3.05, 3.63) is 79.5 Å². The molecule has 66 heavy (non-hydrogen) atoms. The normalized spacial score (nSPS) is 29.7. The number of carbonyl (C=O) groups excluding carboxylic acids is 2. The predicted octanol–water partition coefficient (Wildman–Crippen LogP) is 5.03. The molecule has 5 N–H and O–H groups in total. The summed E-state index contributed by atoms with van der Waals surface area (Å²) in [6, 6.07) is 2.75. The fourth-order valence-corrected chi connectivity index (χ4v) is 9.25. The number of aliphatic hydroxyl groups excluding tert-OH is 3. The molecule has 0 aliphatic carbocycles. The molecule has 4 bridgehead atoms. The molecule has 354 valence electrons. The minimum atomic E-state index is -1.99. The van der Waals surface area contributed by atoms with Gasteiger partial charge in [0.25, 0.3) is 5.91 Å². The summed E-state index contributed by atoms with van der Waals surface area (Å²) in [7, 11) is 1.44. The van der Waals surface area contributed by atoms with Crippen LogP contribution in [0.1, 0.15) is 66.9 Å². The number of aromatic nitrogens is 1. The molecule has 4 aromatic rings. The van der Waals surface area contributed by atoms with Gasteiger partial charge in [-0.05, 0) is 45.9 Å². The van der Waals surface area contributed by atoms with E-state index in [1.54, 1.807) is 39.8 Å². The van der Waals surface area contributed by atoms with Gasteiger partial charge in [-0.15, -0.1) is 0 Å². The molecule has 1 saturated heterocycles. The van der Waals surface area contributed by atoms with Gasteiger partial charge >= 0.3 is 11.8 Å². The minimum Gasteiger partial charge on any atom is -0.507 e. The van der Waals surface area contributed by atoms with Gasteiger partial charge in [0.2, 0.25) is 10.9 Å². The summed E-state index contributed by atoms with van der Waals surface area (Å²) in [4.78, 5) is 61.9. The minimum absolute atomic E-state index is 0.0458. The number of nitrogens with zero attached hydrogens (tertiary/aromatic N) is 2. The summed E-state index contributed by atoms with van der Waals surface area (Å²) >= 11 is 0. The van der Waals surface area contributed by atoms with Crippen molar-refractivity contribution in [1.29, 1.82) is 0 Å². The van der Waals surface area contributed by atoms with Gasteiger partial charge in [0.1, 0.15) is 41.2 Å². The Morgan fingerprint density at radius 3 is 2.36 bits per heavy atom. The number of phenols is 1. The van der Waals surface area contributed by atoms with Gasteiger partial charge in [-0.25, -0.2) is 4.98 Å². The lowest BCUT2D eigenvalue weighted by Gasteiger charge is -2.38. The summed E-state index contributed by atoms with van der Waals surface area (Å²) in [5.41, 5.74) is -2.35. The molecule has 17 nitrogen and oxygen atoms in total. The molecule has 0 radical (unpaired) electrons. The zero-order chi connectivity index (χ0) is 47.9. The number of likely N-dealkylation sites (tertiary alicyclic amines) is 1. The molecule has 0 saturated carbocycles. The van der Waals surface area contributed by atoms with Crippen molar-refractivity contribution >= 4 is 56.3 Å². The molecule has 9 atom stereocenters. The van der Waals surface area contributed by atoms with Gasteiger partial charge in [0.15, 0.2) is 22.4 Å². The number of carbonyl (C=O) groups is 2. The lowest BCUT2D eigenvalue weighted by atomic mass is 9.78. The number of anilines is 1. The number of benzene rings is 3. The van der Waals surface area contributed by atoms with Crippen LogP contribution < -0.4 is 30.9 Å². The van der Waals surface area contributed by atoms with Crippen LogP contribution in [-0.2, 0) is 23.8 Å². The molecule has 3 aliphatic heterocycles. The van der Waals surface area contributed by atoms with Gasteiger partial charge in [-0.1, -0.05) is 45.9 Å². The summed E-state index contributed by atoms with van der Waals surface area (Å²) < 4.78 is 36.3. The number of aromatic hydroxyl groups is 1. The van der Waals surface area contributed by atoms with E-state index in [1.807, 2.05) is 0 Å². The van der Waals surface area contributed by atoms with Crippen molar-refractivity contribution in [3.63, 3.8) is 0 Å². The molecular formula is C49H59N3O14. The van der Waals surface area contributed by atoms with E-state index in [9.17, 15) is 39.6 Å². The predicted molar refractivity (Wildman–Crippen MR) is 246 cm³/mol. The second-order valence-electron chi connectivity index (χ2n) is 17.9. The molecule has 3 aliphatic rings. The highest BCUT2D eigenvalue weighted by Gasteiger charge is 2.44. The fourth-order valence-electron chi connectivity index (χ4n) is 9.25. The van der Waals surface area contributed by atoms with E-state index < -0.39 is 93.8 Å².